The monoisotopic (exact) mass is 528 g/mol. The Morgan fingerprint density at radius 1 is 0.892 bits per heavy atom. The quantitative estimate of drug-likeness (QED) is 0.374. The molecule has 1 N–H and O–H groups in total. The van der Waals surface area contributed by atoms with E-state index in [0.29, 0.717) is 18.1 Å². The van der Waals surface area contributed by atoms with Crippen molar-refractivity contribution in [3.8, 4) is 17.2 Å². The van der Waals surface area contributed by atoms with Crippen molar-refractivity contribution in [2.24, 2.45) is 0 Å². The standard InChI is InChI=1S/C26H28N2O8S/c1-5-36-19-12-10-18(11-13-19)28(37(31,32)20-14-15-23(33-2)24(16-20)34-3)17-25(29)27-22-9-7-6-8-21(22)26(30)35-4/h6-16H,5,17H2,1-4H3,(H,27,29). The van der Waals surface area contributed by atoms with Crippen LogP contribution in [0, 0.1) is 0 Å². The number of hydrogen-bond donors (Lipinski definition) is 1. The molecule has 0 heterocycles. The molecule has 196 valence electrons. The molecule has 0 aromatic heterocycles. The summed E-state index contributed by atoms with van der Waals surface area (Å²) in [4.78, 5) is 25.1. The van der Waals surface area contributed by atoms with E-state index in [4.69, 9.17) is 18.9 Å². The van der Waals surface area contributed by atoms with Gasteiger partial charge in [0.1, 0.15) is 12.3 Å². The Kier molecular flexibility index (Phi) is 8.96. The van der Waals surface area contributed by atoms with Crippen molar-refractivity contribution in [1.82, 2.24) is 0 Å². The van der Waals surface area contributed by atoms with Crippen molar-refractivity contribution >= 4 is 33.3 Å². The third-order valence-electron chi connectivity index (χ3n) is 5.27. The summed E-state index contributed by atoms with van der Waals surface area (Å²) in [5.74, 6) is -0.199. The number of sulfonamides is 1. The Labute approximate surface area is 215 Å². The fourth-order valence-corrected chi connectivity index (χ4v) is 4.93. The number of anilines is 2. The Morgan fingerprint density at radius 3 is 2.19 bits per heavy atom. The van der Waals surface area contributed by atoms with Gasteiger partial charge in [-0.1, -0.05) is 12.1 Å². The van der Waals surface area contributed by atoms with E-state index in [0.717, 1.165) is 4.31 Å². The number of para-hydroxylation sites is 1. The SMILES string of the molecule is CCOc1ccc(N(CC(=O)Nc2ccccc2C(=O)OC)S(=O)(=O)c2ccc(OC)c(OC)c2)cc1. The number of methoxy groups -OCH3 is 3. The summed E-state index contributed by atoms with van der Waals surface area (Å²) in [5.41, 5.74) is 0.554. The van der Waals surface area contributed by atoms with Gasteiger partial charge in [0, 0.05) is 6.07 Å². The van der Waals surface area contributed by atoms with Crippen molar-refractivity contribution in [2.75, 3.05) is 44.1 Å². The van der Waals surface area contributed by atoms with Gasteiger partial charge in [-0.25, -0.2) is 13.2 Å². The Bertz CT molecular complexity index is 1360. The van der Waals surface area contributed by atoms with Crippen LogP contribution in [0.5, 0.6) is 17.2 Å². The van der Waals surface area contributed by atoms with Gasteiger partial charge in [-0.3, -0.25) is 9.10 Å². The number of carbonyl (C=O) groups excluding carboxylic acids is 2. The van der Waals surface area contributed by atoms with Crippen LogP contribution in [0.1, 0.15) is 17.3 Å². The van der Waals surface area contributed by atoms with Gasteiger partial charge in [-0.15, -0.1) is 0 Å². The molecule has 0 fully saturated rings. The molecule has 0 bridgehead atoms. The van der Waals surface area contributed by atoms with Gasteiger partial charge in [-0.2, -0.15) is 0 Å². The van der Waals surface area contributed by atoms with Gasteiger partial charge in [0.25, 0.3) is 10.0 Å². The molecule has 0 aliphatic rings. The van der Waals surface area contributed by atoms with E-state index in [1.54, 1.807) is 36.4 Å². The third kappa shape index (κ3) is 6.31. The molecule has 0 spiro atoms. The van der Waals surface area contributed by atoms with E-state index in [2.05, 4.69) is 5.32 Å². The maximum absolute atomic E-state index is 13.8. The summed E-state index contributed by atoms with van der Waals surface area (Å²) >= 11 is 0. The lowest BCUT2D eigenvalue weighted by atomic mass is 10.2. The number of hydrogen-bond acceptors (Lipinski definition) is 8. The van der Waals surface area contributed by atoms with E-state index in [9.17, 15) is 18.0 Å². The highest BCUT2D eigenvalue weighted by Crippen LogP contribution is 2.32. The number of ether oxygens (including phenoxy) is 4. The van der Waals surface area contributed by atoms with Gasteiger partial charge in [0.05, 0.1) is 49.8 Å². The molecule has 3 rings (SSSR count). The predicted molar refractivity (Wildman–Crippen MR) is 138 cm³/mol. The molecule has 0 aliphatic carbocycles. The van der Waals surface area contributed by atoms with E-state index >= 15 is 0 Å². The second-order valence-corrected chi connectivity index (χ2v) is 9.40. The number of rotatable bonds is 11. The molecule has 11 heteroatoms. The highest BCUT2D eigenvalue weighted by Gasteiger charge is 2.29. The van der Waals surface area contributed by atoms with Crippen LogP contribution in [-0.4, -0.2) is 54.8 Å². The smallest absolute Gasteiger partial charge is 0.339 e. The van der Waals surface area contributed by atoms with Crippen molar-refractivity contribution in [2.45, 2.75) is 11.8 Å². The van der Waals surface area contributed by atoms with Crippen LogP contribution < -0.4 is 23.8 Å². The van der Waals surface area contributed by atoms with E-state index in [-0.39, 0.29) is 27.6 Å². The number of nitrogens with one attached hydrogen (secondary N) is 1. The first-order valence-corrected chi connectivity index (χ1v) is 12.6. The van der Waals surface area contributed by atoms with E-state index in [1.165, 1.54) is 51.7 Å². The number of esters is 1. The minimum absolute atomic E-state index is 0.109. The normalized spacial score (nSPS) is 10.8. The Hall–Kier alpha value is -4.25. The molecule has 0 aliphatic heterocycles. The zero-order valence-electron chi connectivity index (χ0n) is 20.9. The Morgan fingerprint density at radius 2 is 1.57 bits per heavy atom. The maximum Gasteiger partial charge on any atom is 0.339 e. The zero-order valence-corrected chi connectivity index (χ0v) is 21.7. The van der Waals surface area contributed by atoms with Crippen molar-refractivity contribution in [3.05, 3.63) is 72.3 Å². The van der Waals surface area contributed by atoms with Crippen molar-refractivity contribution in [1.29, 1.82) is 0 Å². The number of benzene rings is 3. The first-order valence-electron chi connectivity index (χ1n) is 11.2. The summed E-state index contributed by atoms with van der Waals surface area (Å²) in [7, 11) is -0.192. The zero-order chi connectivity index (χ0) is 27.0. The summed E-state index contributed by atoms with van der Waals surface area (Å²) in [6, 6.07) is 16.7. The van der Waals surface area contributed by atoms with Crippen LogP contribution in [0.4, 0.5) is 11.4 Å². The van der Waals surface area contributed by atoms with E-state index in [1.807, 2.05) is 6.92 Å². The fourth-order valence-electron chi connectivity index (χ4n) is 3.49. The number of carbonyl (C=O) groups is 2. The molecule has 0 unspecified atom stereocenters. The molecule has 37 heavy (non-hydrogen) atoms. The fraction of sp³-hybridized carbons (Fsp3) is 0.231. The van der Waals surface area contributed by atoms with Crippen LogP contribution in [0.25, 0.3) is 0 Å². The average Bonchev–Trinajstić information content (AvgIpc) is 2.91. The van der Waals surface area contributed by atoms with Gasteiger partial charge in [-0.05, 0) is 55.5 Å². The van der Waals surface area contributed by atoms with Crippen LogP contribution in [0.3, 0.4) is 0 Å². The molecule has 0 radical (unpaired) electrons. The second-order valence-electron chi connectivity index (χ2n) is 7.54. The molecule has 0 saturated carbocycles. The van der Waals surface area contributed by atoms with Crippen molar-refractivity contribution in [3.63, 3.8) is 0 Å². The van der Waals surface area contributed by atoms with Crippen molar-refractivity contribution < 1.29 is 37.0 Å². The lowest BCUT2D eigenvalue weighted by Gasteiger charge is -2.25. The molecule has 0 saturated heterocycles. The molecular weight excluding hydrogens is 500 g/mol. The van der Waals surface area contributed by atoms with Gasteiger partial charge < -0.3 is 24.3 Å². The summed E-state index contributed by atoms with van der Waals surface area (Å²) in [6.07, 6.45) is 0. The highest BCUT2D eigenvalue weighted by atomic mass is 32.2. The van der Waals surface area contributed by atoms with Crippen LogP contribution >= 0.6 is 0 Å². The molecule has 10 nitrogen and oxygen atoms in total. The minimum atomic E-state index is -4.25. The van der Waals surface area contributed by atoms with Crippen LogP contribution in [0.15, 0.2) is 71.6 Å². The lowest BCUT2D eigenvalue weighted by molar-refractivity contribution is -0.114. The number of amides is 1. The molecule has 3 aromatic carbocycles. The van der Waals surface area contributed by atoms with Crippen LogP contribution in [-0.2, 0) is 19.6 Å². The average molecular weight is 529 g/mol. The topological polar surface area (TPSA) is 120 Å². The maximum atomic E-state index is 13.8. The van der Waals surface area contributed by atoms with Crippen LogP contribution in [0.2, 0.25) is 0 Å². The summed E-state index contributed by atoms with van der Waals surface area (Å²) in [5, 5.41) is 2.61. The first-order chi connectivity index (χ1) is 17.7. The Balaban J connectivity index is 2.00. The van der Waals surface area contributed by atoms with Gasteiger partial charge in [0.2, 0.25) is 5.91 Å². The largest absolute Gasteiger partial charge is 0.494 e. The second kappa shape index (κ2) is 12.1. The molecule has 0 atom stereocenters. The van der Waals surface area contributed by atoms with Gasteiger partial charge in [0.15, 0.2) is 11.5 Å². The molecular formula is C26H28N2O8S. The molecule has 1 amide bonds. The van der Waals surface area contributed by atoms with Gasteiger partial charge >= 0.3 is 5.97 Å². The molecule has 3 aromatic rings. The van der Waals surface area contributed by atoms with E-state index < -0.39 is 28.4 Å². The third-order valence-corrected chi connectivity index (χ3v) is 7.04. The highest BCUT2D eigenvalue weighted by molar-refractivity contribution is 7.92. The number of nitrogens with zero attached hydrogens (tertiary/aromatic N) is 1. The minimum Gasteiger partial charge on any atom is -0.494 e. The summed E-state index contributed by atoms with van der Waals surface area (Å²) in [6.45, 7) is 1.69. The predicted octanol–water partition coefficient (Wildman–Crippen LogP) is 3.72. The lowest BCUT2D eigenvalue weighted by Crippen LogP contribution is -2.38. The summed E-state index contributed by atoms with van der Waals surface area (Å²) < 4.78 is 49.2. The first kappa shape index (κ1) is 27.3.